The van der Waals surface area contributed by atoms with Crippen LogP contribution in [0.1, 0.15) is 23.6 Å². The Morgan fingerprint density at radius 2 is 1.81 bits per heavy atom. The molecule has 2 aromatic rings. The van der Waals surface area contributed by atoms with Crippen LogP contribution in [-0.2, 0) is 4.79 Å². The lowest BCUT2D eigenvalue weighted by molar-refractivity contribution is -0.115. The smallest absolute Gasteiger partial charge is 0.159 e. The number of carbonyl (C=O) groups is 1. The third kappa shape index (κ3) is 2.55. The minimum atomic E-state index is -0.0861. The molecule has 0 aliphatic carbocycles. The monoisotopic (exact) mass is 279 g/mol. The number of nitrogens with zero attached hydrogens (tertiary/aromatic N) is 1. The molecule has 1 N–H and O–H groups in total. The summed E-state index contributed by atoms with van der Waals surface area (Å²) in [6.07, 6.45) is 3.74. The minimum absolute atomic E-state index is 0.0861. The van der Waals surface area contributed by atoms with E-state index in [4.69, 9.17) is 0 Å². The van der Waals surface area contributed by atoms with Crippen molar-refractivity contribution in [2.45, 2.75) is 19.4 Å². The maximum absolute atomic E-state index is 11.8. The molecule has 106 valence electrons. The van der Waals surface area contributed by atoms with E-state index in [1.807, 2.05) is 48.2 Å². The van der Waals surface area contributed by atoms with Gasteiger partial charge in [0.15, 0.2) is 5.78 Å². The fraction of sp³-hybridized carbons (Fsp3) is 0.167. The lowest BCUT2D eigenvalue weighted by Gasteiger charge is -2.34. The maximum atomic E-state index is 11.8. The summed E-state index contributed by atoms with van der Waals surface area (Å²) in [5.41, 5.74) is 2.97. The average Bonchev–Trinajstić information content (AvgIpc) is 2.49. The highest BCUT2D eigenvalue weighted by Gasteiger charge is 2.27. The number of allylic oxidation sites excluding steroid dienone is 1. The number of anilines is 1. The molecule has 1 aliphatic heterocycles. The summed E-state index contributed by atoms with van der Waals surface area (Å²) in [6, 6.07) is 15.2. The lowest BCUT2D eigenvalue weighted by Crippen LogP contribution is -2.29. The van der Waals surface area contributed by atoms with Gasteiger partial charge in [-0.15, -0.1) is 0 Å². The summed E-state index contributed by atoms with van der Waals surface area (Å²) >= 11 is 0. The zero-order valence-corrected chi connectivity index (χ0v) is 11.9. The Morgan fingerprint density at radius 1 is 1.10 bits per heavy atom. The summed E-state index contributed by atoms with van der Waals surface area (Å²) in [5, 5.41) is 10.1. The molecule has 1 heterocycles. The van der Waals surface area contributed by atoms with Gasteiger partial charge in [0.25, 0.3) is 0 Å². The van der Waals surface area contributed by atoms with Crippen molar-refractivity contribution in [1.82, 2.24) is 0 Å². The van der Waals surface area contributed by atoms with Crippen molar-refractivity contribution in [3.05, 3.63) is 71.9 Å². The van der Waals surface area contributed by atoms with E-state index in [0.717, 1.165) is 16.8 Å². The summed E-state index contributed by atoms with van der Waals surface area (Å²) in [4.78, 5) is 13.8. The highest BCUT2D eigenvalue weighted by molar-refractivity contribution is 5.92. The molecule has 0 amide bonds. The number of hydrogen-bond donors (Lipinski definition) is 1. The summed E-state index contributed by atoms with van der Waals surface area (Å²) in [5.74, 6) is 0.324. The van der Waals surface area contributed by atoms with Crippen molar-refractivity contribution in [1.29, 1.82) is 0 Å². The third-order valence-corrected chi connectivity index (χ3v) is 3.86. The second-order valence-electron chi connectivity index (χ2n) is 5.25. The first-order valence-corrected chi connectivity index (χ1v) is 6.99. The predicted octanol–water partition coefficient (Wildman–Crippen LogP) is 3.73. The number of rotatable bonds is 2. The van der Waals surface area contributed by atoms with Crippen LogP contribution in [0.2, 0.25) is 0 Å². The lowest BCUT2D eigenvalue weighted by atomic mass is 9.93. The van der Waals surface area contributed by atoms with Gasteiger partial charge in [-0.05, 0) is 36.3 Å². The molecule has 0 saturated carbocycles. The fourth-order valence-corrected chi connectivity index (χ4v) is 2.78. The fourth-order valence-electron chi connectivity index (χ4n) is 2.78. The first-order chi connectivity index (χ1) is 10.2. The highest BCUT2D eigenvalue weighted by atomic mass is 16.3. The van der Waals surface area contributed by atoms with Crippen LogP contribution >= 0.6 is 0 Å². The van der Waals surface area contributed by atoms with Gasteiger partial charge in [-0.3, -0.25) is 4.79 Å². The van der Waals surface area contributed by atoms with Gasteiger partial charge in [0, 0.05) is 12.6 Å². The largest absolute Gasteiger partial charge is 0.506 e. The Morgan fingerprint density at radius 3 is 2.57 bits per heavy atom. The van der Waals surface area contributed by atoms with Gasteiger partial charge in [-0.25, -0.2) is 0 Å². The number of aromatic hydroxyl groups is 1. The van der Waals surface area contributed by atoms with Crippen LogP contribution in [0.3, 0.4) is 0 Å². The van der Waals surface area contributed by atoms with Crippen LogP contribution in [0, 0.1) is 6.92 Å². The molecule has 1 unspecified atom stereocenters. The first kappa shape index (κ1) is 13.4. The van der Waals surface area contributed by atoms with Crippen molar-refractivity contribution >= 4 is 11.5 Å². The maximum Gasteiger partial charge on any atom is 0.159 e. The van der Waals surface area contributed by atoms with E-state index >= 15 is 0 Å². The minimum Gasteiger partial charge on any atom is -0.506 e. The molecule has 1 aliphatic rings. The van der Waals surface area contributed by atoms with E-state index in [-0.39, 0.29) is 17.6 Å². The van der Waals surface area contributed by atoms with Crippen LogP contribution < -0.4 is 4.90 Å². The quantitative estimate of drug-likeness (QED) is 0.910. The second-order valence-corrected chi connectivity index (χ2v) is 5.25. The van der Waals surface area contributed by atoms with E-state index in [2.05, 4.69) is 0 Å². The van der Waals surface area contributed by atoms with Crippen molar-refractivity contribution in [2.24, 2.45) is 0 Å². The van der Waals surface area contributed by atoms with Crippen LogP contribution in [0.4, 0.5) is 5.69 Å². The van der Waals surface area contributed by atoms with E-state index in [0.29, 0.717) is 6.42 Å². The molecular weight excluding hydrogens is 262 g/mol. The molecule has 0 spiro atoms. The molecule has 0 aromatic heterocycles. The van der Waals surface area contributed by atoms with Gasteiger partial charge >= 0.3 is 0 Å². The second kappa shape index (κ2) is 5.44. The summed E-state index contributed by atoms with van der Waals surface area (Å²) in [7, 11) is 0. The molecule has 3 nitrogen and oxygen atoms in total. The molecule has 2 aromatic carbocycles. The van der Waals surface area contributed by atoms with E-state index in [9.17, 15) is 9.90 Å². The van der Waals surface area contributed by atoms with Gasteiger partial charge in [-0.2, -0.15) is 0 Å². The highest BCUT2D eigenvalue weighted by Crippen LogP contribution is 2.38. The molecule has 0 radical (unpaired) electrons. The molecule has 0 saturated heterocycles. The van der Waals surface area contributed by atoms with Crippen molar-refractivity contribution in [3.8, 4) is 5.75 Å². The number of aryl methyl sites for hydroxylation is 1. The molecule has 21 heavy (non-hydrogen) atoms. The third-order valence-electron chi connectivity index (χ3n) is 3.86. The zero-order valence-electron chi connectivity index (χ0n) is 11.9. The Balaban J connectivity index is 2.09. The van der Waals surface area contributed by atoms with E-state index in [1.54, 1.807) is 24.4 Å². The van der Waals surface area contributed by atoms with Crippen molar-refractivity contribution in [2.75, 3.05) is 4.90 Å². The van der Waals surface area contributed by atoms with Crippen LogP contribution in [0.25, 0.3) is 0 Å². The van der Waals surface area contributed by atoms with E-state index in [1.165, 1.54) is 0 Å². The average molecular weight is 279 g/mol. The van der Waals surface area contributed by atoms with Crippen LogP contribution in [-0.4, -0.2) is 10.9 Å². The molecule has 3 rings (SSSR count). The van der Waals surface area contributed by atoms with Gasteiger partial charge in [0.2, 0.25) is 0 Å². The van der Waals surface area contributed by atoms with Gasteiger partial charge in [0.05, 0.1) is 11.7 Å². The summed E-state index contributed by atoms with van der Waals surface area (Å²) in [6.45, 7) is 2.04. The number of phenolic OH excluding ortho intramolecular Hbond substituents is 1. The van der Waals surface area contributed by atoms with E-state index < -0.39 is 0 Å². The number of benzene rings is 2. The Hall–Kier alpha value is -2.55. The number of ketones is 1. The molecule has 3 heteroatoms. The first-order valence-electron chi connectivity index (χ1n) is 6.99. The van der Waals surface area contributed by atoms with Gasteiger partial charge in [0.1, 0.15) is 5.75 Å². The van der Waals surface area contributed by atoms with Crippen molar-refractivity contribution in [3.63, 3.8) is 0 Å². The summed E-state index contributed by atoms with van der Waals surface area (Å²) < 4.78 is 0. The van der Waals surface area contributed by atoms with Gasteiger partial charge < -0.3 is 10.0 Å². The zero-order chi connectivity index (χ0) is 14.8. The Bertz CT molecular complexity index is 706. The topological polar surface area (TPSA) is 40.5 Å². The number of phenols is 1. The Kier molecular flexibility index (Phi) is 3.48. The molecule has 0 fully saturated rings. The predicted molar refractivity (Wildman–Crippen MR) is 83.3 cm³/mol. The number of para-hydroxylation sites is 2. The van der Waals surface area contributed by atoms with Crippen LogP contribution in [0.15, 0.2) is 60.8 Å². The van der Waals surface area contributed by atoms with Gasteiger partial charge in [-0.1, -0.05) is 36.4 Å². The molecule has 0 bridgehead atoms. The standard InChI is InChI=1S/C18H17NO2/c1-13-6-2-3-7-15(13)17-12-14(20)10-11-19(17)16-8-4-5-9-18(16)21/h2-11,17,21H,12H2,1H3. The van der Waals surface area contributed by atoms with Crippen LogP contribution in [0.5, 0.6) is 5.75 Å². The Labute approximate surface area is 124 Å². The molecular formula is C18H17NO2. The molecule has 1 atom stereocenters. The normalized spacial score (nSPS) is 18.0. The number of carbonyl (C=O) groups excluding carboxylic acids is 1. The van der Waals surface area contributed by atoms with Crippen molar-refractivity contribution < 1.29 is 9.90 Å². The SMILES string of the molecule is Cc1ccccc1C1CC(=O)C=CN1c1ccccc1O. The number of hydrogen-bond acceptors (Lipinski definition) is 3.